The van der Waals surface area contributed by atoms with Gasteiger partial charge in [-0.2, -0.15) is 0 Å². The van der Waals surface area contributed by atoms with Crippen molar-refractivity contribution in [3.05, 3.63) is 47.5 Å². The molecule has 3 aliphatic carbocycles. The number of hydrogen-bond donors (Lipinski definition) is 0. The third-order valence-corrected chi connectivity index (χ3v) is 6.92. The summed E-state index contributed by atoms with van der Waals surface area (Å²) in [7, 11) is 0. The molecule has 6 heteroatoms. The van der Waals surface area contributed by atoms with Crippen LogP contribution in [-0.2, 0) is 16.0 Å². The van der Waals surface area contributed by atoms with E-state index in [9.17, 15) is 4.79 Å². The average Bonchev–Trinajstić information content (AvgIpc) is 3.69. The zero-order chi connectivity index (χ0) is 21.7. The van der Waals surface area contributed by atoms with E-state index in [1.165, 1.54) is 25.7 Å². The summed E-state index contributed by atoms with van der Waals surface area (Å²) < 4.78 is 13.7. The first-order valence-electron chi connectivity index (χ1n) is 11.8. The lowest BCUT2D eigenvalue weighted by molar-refractivity contribution is -0.212. The Hall–Kier alpha value is -2.62. The van der Waals surface area contributed by atoms with Crippen molar-refractivity contribution in [3.8, 4) is 11.8 Å². The Balaban J connectivity index is 1.19. The predicted molar refractivity (Wildman–Crippen MR) is 120 cm³/mol. The molecular formula is C26H29N3O3. The van der Waals surface area contributed by atoms with Gasteiger partial charge in [0.05, 0.1) is 26.1 Å². The first-order chi connectivity index (χ1) is 15.6. The first kappa shape index (κ1) is 20.0. The normalized spacial score (nSPS) is 21.8. The van der Waals surface area contributed by atoms with Crippen LogP contribution >= 0.6 is 0 Å². The van der Waals surface area contributed by atoms with E-state index in [1.54, 1.807) is 6.33 Å². The Morgan fingerprint density at radius 1 is 1.22 bits per heavy atom. The molecule has 4 fully saturated rings. The standard InChI is InChI=1S/C26H29N3O3/c1-18-2-3-20(7-6-19-4-5-19)12-23(18)29(21-8-9-21)25(30)22-13-28(17-27-22)14-24-31-15-26(10-11-26)16-32-24/h2-3,12-13,17,19,21,24H,4-5,8-11,14-16H2,1H3. The van der Waals surface area contributed by atoms with Crippen molar-refractivity contribution in [1.82, 2.24) is 9.55 Å². The third-order valence-electron chi connectivity index (χ3n) is 6.92. The van der Waals surface area contributed by atoms with Crippen molar-refractivity contribution in [1.29, 1.82) is 0 Å². The molecule has 166 valence electrons. The number of imidazole rings is 1. The number of anilines is 1. The largest absolute Gasteiger partial charge is 0.350 e. The van der Waals surface area contributed by atoms with Gasteiger partial charge in [0, 0.05) is 34.8 Å². The van der Waals surface area contributed by atoms with E-state index in [2.05, 4.69) is 41.9 Å². The van der Waals surface area contributed by atoms with Crippen molar-refractivity contribution < 1.29 is 14.3 Å². The summed E-state index contributed by atoms with van der Waals surface area (Å²) in [4.78, 5) is 19.9. The molecule has 0 N–H and O–H groups in total. The van der Waals surface area contributed by atoms with Gasteiger partial charge in [-0.25, -0.2) is 4.98 Å². The molecule has 0 radical (unpaired) electrons. The van der Waals surface area contributed by atoms with E-state index >= 15 is 0 Å². The molecule has 1 amide bonds. The molecule has 0 bridgehead atoms. The van der Waals surface area contributed by atoms with E-state index in [-0.39, 0.29) is 23.7 Å². The van der Waals surface area contributed by atoms with Crippen LogP contribution in [0.2, 0.25) is 0 Å². The van der Waals surface area contributed by atoms with Crippen LogP contribution in [0.5, 0.6) is 0 Å². The minimum absolute atomic E-state index is 0.0518. The highest BCUT2D eigenvalue weighted by molar-refractivity contribution is 6.06. The van der Waals surface area contributed by atoms with Gasteiger partial charge in [0.25, 0.3) is 5.91 Å². The quantitative estimate of drug-likeness (QED) is 0.674. The average molecular weight is 432 g/mol. The SMILES string of the molecule is Cc1ccc(C#CC2CC2)cc1N(C(=O)c1cn(CC2OCC3(CC3)CO2)cn1)C1CC1. The van der Waals surface area contributed by atoms with Gasteiger partial charge < -0.3 is 18.9 Å². The summed E-state index contributed by atoms with van der Waals surface area (Å²) in [5, 5.41) is 0. The number of rotatable bonds is 5. The monoisotopic (exact) mass is 431 g/mol. The van der Waals surface area contributed by atoms with Crippen molar-refractivity contribution >= 4 is 11.6 Å². The molecular weight excluding hydrogens is 402 g/mol. The maximum absolute atomic E-state index is 13.5. The van der Waals surface area contributed by atoms with Crippen LogP contribution in [0.4, 0.5) is 5.69 Å². The molecule has 1 aliphatic heterocycles. The maximum Gasteiger partial charge on any atom is 0.278 e. The molecule has 1 aromatic heterocycles. The summed E-state index contributed by atoms with van der Waals surface area (Å²) >= 11 is 0. The van der Waals surface area contributed by atoms with E-state index < -0.39 is 0 Å². The summed E-state index contributed by atoms with van der Waals surface area (Å²) in [6.45, 7) is 4.14. The van der Waals surface area contributed by atoms with Crippen LogP contribution < -0.4 is 4.90 Å². The van der Waals surface area contributed by atoms with E-state index in [4.69, 9.17) is 9.47 Å². The Kier molecular flexibility index (Phi) is 4.85. The smallest absolute Gasteiger partial charge is 0.278 e. The van der Waals surface area contributed by atoms with Crippen LogP contribution in [-0.4, -0.2) is 41.0 Å². The van der Waals surface area contributed by atoms with Gasteiger partial charge >= 0.3 is 0 Å². The minimum atomic E-state index is -0.276. The van der Waals surface area contributed by atoms with Crippen LogP contribution in [0.25, 0.3) is 0 Å². The van der Waals surface area contributed by atoms with Gasteiger partial charge in [-0.05, 0) is 63.1 Å². The minimum Gasteiger partial charge on any atom is -0.350 e. The fourth-order valence-electron chi connectivity index (χ4n) is 4.23. The summed E-state index contributed by atoms with van der Waals surface area (Å²) in [5.41, 5.74) is 3.75. The highest BCUT2D eigenvalue weighted by atomic mass is 16.7. The Morgan fingerprint density at radius 2 is 2.00 bits per heavy atom. The number of ether oxygens (including phenoxy) is 2. The molecule has 2 heterocycles. The third kappa shape index (κ3) is 4.20. The fraction of sp³-hybridized carbons (Fsp3) is 0.538. The molecule has 6 nitrogen and oxygen atoms in total. The van der Waals surface area contributed by atoms with E-state index in [0.29, 0.717) is 18.2 Å². The highest BCUT2D eigenvalue weighted by Gasteiger charge is 2.47. The molecule has 1 saturated heterocycles. The second-order valence-corrected chi connectivity index (χ2v) is 9.96. The van der Waals surface area contributed by atoms with Crippen LogP contribution in [0, 0.1) is 30.1 Å². The van der Waals surface area contributed by atoms with E-state index in [0.717, 1.165) is 42.9 Å². The topological polar surface area (TPSA) is 56.6 Å². The van der Waals surface area contributed by atoms with Gasteiger partial charge in [0.2, 0.25) is 0 Å². The number of hydrogen-bond acceptors (Lipinski definition) is 4. The number of carbonyl (C=O) groups excluding carboxylic acids is 1. The van der Waals surface area contributed by atoms with Crippen molar-refractivity contribution in [2.45, 2.75) is 64.3 Å². The van der Waals surface area contributed by atoms with Crippen molar-refractivity contribution in [3.63, 3.8) is 0 Å². The molecule has 6 rings (SSSR count). The zero-order valence-corrected chi connectivity index (χ0v) is 18.5. The molecule has 32 heavy (non-hydrogen) atoms. The highest BCUT2D eigenvalue weighted by Crippen LogP contribution is 2.48. The number of aromatic nitrogens is 2. The summed E-state index contributed by atoms with van der Waals surface area (Å²) in [6.07, 6.45) is 10.1. The molecule has 1 spiro atoms. The zero-order valence-electron chi connectivity index (χ0n) is 18.5. The van der Waals surface area contributed by atoms with Crippen molar-refractivity contribution in [2.75, 3.05) is 18.1 Å². The van der Waals surface area contributed by atoms with E-state index in [1.807, 2.05) is 15.7 Å². The molecule has 0 atom stereocenters. The Morgan fingerprint density at radius 3 is 2.69 bits per heavy atom. The second kappa shape index (κ2) is 7.75. The van der Waals surface area contributed by atoms with Gasteiger partial charge in [0.1, 0.15) is 5.69 Å². The van der Waals surface area contributed by atoms with Crippen LogP contribution in [0.3, 0.4) is 0 Å². The number of nitrogens with zero attached hydrogens (tertiary/aromatic N) is 3. The summed E-state index contributed by atoms with van der Waals surface area (Å²) in [6, 6.07) is 6.42. The van der Waals surface area contributed by atoms with Crippen LogP contribution in [0.15, 0.2) is 30.7 Å². The number of aryl methyl sites for hydroxylation is 1. The Bertz CT molecular complexity index is 1090. The number of benzene rings is 1. The lowest BCUT2D eigenvalue weighted by atomic mass is 10.1. The Labute approximate surface area is 188 Å². The predicted octanol–water partition coefficient (Wildman–Crippen LogP) is 3.92. The molecule has 1 aromatic carbocycles. The number of carbonyl (C=O) groups is 1. The maximum atomic E-state index is 13.5. The summed E-state index contributed by atoms with van der Waals surface area (Å²) in [5.74, 6) is 7.11. The second-order valence-electron chi connectivity index (χ2n) is 9.96. The molecule has 0 unspecified atom stereocenters. The van der Waals surface area contributed by atoms with Gasteiger partial charge in [-0.15, -0.1) is 0 Å². The molecule has 3 saturated carbocycles. The van der Waals surface area contributed by atoms with Crippen LogP contribution in [0.1, 0.15) is 60.1 Å². The number of amides is 1. The fourth-order valence-corrected chi connectivity index (χ4v) is 4.23. The van der Waals surface area contributed by atoms with Gasteiger partial charge in [-0.3, -0.25) is 4.79 Å². The van der Waals surface area contributed by atoms with Gasteiger partial charge in [0.15, 0.2) is 6.29 Å². The van der Waals surface area contributed by atoms with Crippen molar-refractivity contribution in [2.24, 2.45) is 11.3 Å². The molecule has 2 aromatic rings. The lowest BCUT2D eigenvalue weighted by Gasteiger charge is -2.29. The first-order valence-corrected chi connectivity index (χ1v) is 11.8. The lowest BCUT2D eigenvalue weighted by Crippen LogP contribution is -2.35. The molecule has 4 aliphatic rings. The van der Waals surface area contributed by atoms with Gasteiger partial charge in [-0.1, -0.05) is 17.9 Å².